The summed E-state index contributed by atoms with van der Waals surface area (Å²) in [5, 5.41) is 39.4. The van der Waals surface area contributed by atoms with Crippen LogP contribution >= 0.6 is 0 Å². The highest BCUT2D eigenvalue weighted by molar-refractivity contribution is 6.13. The molecule has 0 radical (unpaired) electrons. The van der Waals surface area contributed by atoms with Crippen LogP contribution in [0.15, 0.2) is 22.7 Å². The Bertz CT molecular complexity index is 568. The molecule has 0 unspecified atom stereocenters. The van der Waals surface area contributed by atoms with E-state index in [0.717, 1.165) is 64.2 Å². The Hall–Kier alpha value is -2.27. The molecule has 0 atom stereocenters. The van der Waals surface area contributed by atoms with Gasteiger partial charge in [0.1, 0.15) is 34.8 Å². The molecule has 0 aliphatic heterocycles. The van der Waals surface area contributed by atoms with Crippen LogP contribution in [0.25, 0.3) is 0 Å². The van der Waals surface area contributed by atoms with Crippen molar-refractivity contribution in [3.05, 3.63) is 22.7 Å². The Labute approximate surface area is 142 Å². The molecule has 2 fully saturated rings. The van der Waals surface area contributed by atoms with Gasteiger partial charge in [0.2, 0.25) is 5.78 Å². The molecule has 0 saturated heterocycles. The number of hydrogen-bond acceptors (Lipinski definition) is 5. The summed E-state index contributed by atoms with van der Waals surface area (Å²) in [5.41, 5.74) is -0.776. The Morgan fingerprint density at radius 3 is 1.33 bits per heavy atom. The lowest BCUT2D eigenvalue weighted by molar-refractivity contribution is -0.112. The number of nitriles is 2. The molecule has 0 aromatic rings. The molecule has 2 saturated carbocycles. The monoisotopic (exact) mass is 328 g/mol. The molecule has 2 N–H and O–H groups in total. The molecule has 2 aliphatic carbocycles. The van der Waals surface area contributed by atoms with Gasteiger partial charge in [-0.3, -0.25) is 4.79 Å². The van der Waals surface area contributed by atoms with Crippen molar-refractivity contribution in [1.82, 2.24) is 0 Å². The van der Waals surface area contributed by atoms with E-state index in [4.69, 9.17) is 0 Å². The highest BCUT2D eigenvalue weighted by atomic mass is 16.3. The zero-order chi connectivity index (χ0) is 17.5. The van der Waals surface area contributed by atoms with Crippen LogP contribution in [-0.4, -0.2) is 16.0 Å². The fourth-order valence-electron chi connectivity index (χ4n) is 3.73. The van der Waals surface area contributed by atoms with E-state index in [1.54, 1.807) is 12.1 Å². The predicted octanol–water partition coefficient (Wildman–Crippen LogP) is 4.39. The van der Waals surface area contributed by atoms with Gasteiger partial charge in [0.15, 0.2) is 0 Å². The SMILES string of the molecule is N#C/C(C(=O)/C(C#N)=C(/O)C1CCCCC1)=C(\O)C1CCCCC1. The lowest BCUT2D eigenvalue weighted by Crippen LogP contribution is -2.18. The number of hydrogen-bond donors (Lipinski definition) is 2. The number of Topliss-reactive ketones (excluding diaryl/α,β-unsaturated/α-hetero) is 1. The van der Waals surface area contributed by atoms with Gasteiger partial charge < -0.3 is 10.2 Å². The maximum atomic E-state index is 12.6. The summed E-state index contributed by atoms with van der Waals surface area (Å²) < 4.78 is 0. The van der Waals surface area contributed by atoms with Crippen LogP contribution < -0.4 is 0 Å². The van der Waals surface area contributed by atoms with Crippen molar-refractivity contribution in [3.8, 4) is 12.1 Å². The van der Waals surface area contributed by atoms with Gasteiger partial charge in [-0.1, -0.05) is 38.5 Å². The second-order valence-corrected chi connectivity index (χ2v) is 6.74. The number of aliphatic hydroxyl groups is 2. The predicted molar refractivity (Wildman–Crippen MR) is 88.7 cm³/mol. The van der Waals surface area contributed by atoms with Crippen molar-refractivity contribution in [2.75, 3.05) is 0 Å². The third kappa shape index (κ3) is 3.97. The van der Waals surface area contributed by atoms with Crippen LogP contribution in [0, 0.1) is 34.5 Å². The molecular weight excluding hydrogens is 304 g/mol. The maximum Gasteiger partial charge on any atom is 0.220 e. The van der Waals surface area contributed by atoms with Gasteiger partial charge in [0.25, 0.3) is 0 Å². The van der Waals surface area contributed by atoms with Gasteiger partial charge in [0, 0.05) is 11.8 Å². The average molecular weight is 328 g/mol. The summed E-state index contributed by atoms with van der Waals surface area (Å²) in [4.78, 5) is 12.6. The molecular formula is C19H24N2O3. The van der Waals surface area contributed by atoms with Gasteiger partial charge >= 0.3 is 0 Å². The largest absolute Gasteiger partial charge is 0.510 e. The number of rotatable bonds is 4. The molecule has 24 heavy (non-hydrogen) atoms. The summed E-state index contributed by atoms with van der Waals surface area (Å²) in [5.74, 6) is -1.67. The van der Waals surface area contributed by atoms with Gasteiger partial charge in [0.05, 0.1) is 0 Å². The second kappa shape index (κ2) is 8.55. The lowest BCUT2D eigenvalue weighted by Gasteiger charge is -2.22. The van der Waals surface area contributed by atoms with Crippen LogP contribution in [0.4, 0.5) is 0 Å². The minimum atomic E-state index is -0.842. The van der Waals surface area contributed by atoms with E-state index in [-0.39, 0.29) is 34.5 Å². The first kappa shape index (κ1) is 18.1. The number of carbonyl (C=O) groups is 1. The fourth-order valence-corrected chi connectivity index (χ4v) is 3.73. The standard InChI is InChI=1S/C19H24N2O3/c20-11-15(17(22)13-7-3-1-4-8-13)19(24)16(12-21)18(23)14-9-5-2-6-10-14/h13-14,22-23H,1-10H2/b17-15+,18-16+. The van der Waals surface area contributed by atoms with E-state index >= 15 is 0 Å². The second-order valence-electron chi connectivity index (χ2n) is 6.74. The number of allylic oxidation sites excluding steroid dienone is 4. The Balaban J connectivity index is 2.31. The zero-order valence-electron chi connectivity index (χ0n) is 13.9. The number of aliphatic hydroxyl groups excluding tert-OH is 2. The molecule has 0 aromatic carbocycles. The molecule has 0 aromatic heterocycles. The minimum absolute atomic E-state index is 0.200. The Kier molecular flexibility index (Phi) is 6.44. The minimum Gasteiger partial charge on any atom is -0.510 e. The summed E-state index contributed by atoms with van der Waals surface area (Å²) in [6.07, 6.45) is 8.96. The first-order valence-corrected chi connectivity index (χ1v) is 8.81. The van der Waals surface area contributed by atoms with Crippen molar-refractivity contribution in [3.63, 3.8) is 0 Å². The van der Waals surface area contributed by atoms with Crippen LogP contribution in [0.2, 0.25) is 0 Å². The van der Waals surface area contributed by atoms with Crippen LogP contribution in [-0.2, 0) is 4.79 Å². The van der Waals surface area contributed by atoms with Crippen LogP contribution in [0.5, 0.6) is 0 Å². The quantitative estimate of drug-likeness (QED) is 0.452. The van der Waals surface area contributed by atoms with Gasteiger partial charge in [-0.2, -0.15) is 10.5 Å². The van der Waals surface area contributed by atoms with Gasteiger partial charge in [-0.15, -0.1) is 0 Å². The average Bonchev–Trinajstić information content (AvgIpc) is 2.64. The summed E-state index contributed by atoms with van der Waals surface area (Å²) in [6.45, 7) is 0. The molecule has 2 aliphatic rings. The van der Waals surface area contributed by atoms with E-state index in [2.05, 4.69) is 0 Å². The van der Waals surface area contributed by atoms with E-state index in [0.29, 0.717) is 0 Å². The van der Waals surface area contributed by atoms with E-state index in [1.165, 1.54) is 0 Å². The molecule has 0 heterocycles. The van der Waals surface area contributed by atoms with Crippen molar-refractivity contribution >= 4 is 5.78 Å². The third-order valence-corrected chi connectivity index (χ3v) is 5.17. The number of nitrogens with zero attached hydrogens (tertiary/aromatic N) is 2. The molecule has 0 bridgehead atoms. The summed E-state index contributed by atoms with van der Waals surface area (Å²) in [7, 11) is 0. The summed E-state index contributed by atoms with van der Waals surface area (Å²) >= 11 is 0. The van der Waals surface area contributed by atoms with Crippen molar-refractivity contribution in [2.24, 2.45) is 11.8 Å². The van der Waals surface area contributed by atoms with E-state index < -0.39 is 5.78 Å². The maximum absolute atomic E-state index is 12.6. The molecule has 0 spiro atoms. The van der Waals surface area contributed by atoms with Gasteiger partial charge in [-0.25, -0.2) is 0 Å². The Morgan fingerprint density at radius 1 is 0.708 bits per heavy atom. The van der Waals surface area contributed by atoms with Crippen molar-refractivity contribution in [1.29, 1.82) is 10.5 Å². The lowest BCUT2D eigenvalue weighted by atomic mass is 9.83. The smallest absolute Gasteiger partial charge is 0.220 e. The van der Waals surface area contributed by atoms with Gasteiger partial charge in [-0.05, 0) is 25.7 Å². The molecule has 128 valence electrons. The summed E-state index contributed by atoms with van der Waals surface area (Å²) in [6, 6.07) is 3.51. The first-order chi connectivity index (χ1) is 11.6. The highest BCUT2D eigenvalue weighted by Gasteiger charge is 2.30. The highest BCUT2D eigenvalue weighted by Crippen LogP contribution is 2.33. The van der Waals surface area contributed by atoms with Crippen molar-refractivity contribution < 1.29 is 15.0 Å². The topological polar surface area (TPSA) is 105 Å². The Morgan fingerprint density at radius 2 is 1.04 bits per heavy atom. The van der Waals surface area contributed by atoms with E-state index in [1.807, 2.05) is 0 Å². The molecule has 5 heteroatoms. The fraction of sp³-hybridized carbons (Fsp3) is 0.632. The first-order valence-electron chi connectivity index (χ1n) is 8.81. The third-order valence-electron chi connectivity index (χ3n) is 5.17. The molecule has 5 nitrogen and oxygen atoms in total. The van der Waals surface area contributed by atoms with Crippen molar-refractivity contribution in [2.45, 2.75) is 64.2 Å². The van der Waals surface area contributed by atoms with E-state index in [9.17, 15) is 25.5 Å². The van der Waals surface area contributed by atoms with Crippen LogP contribution in [0.3, 0.4) is 0 Å². The van der Waals surface area contributed by atoms with Crippen LogP contribution in [0.1, 0.15) is 64.2 Å². The molecule has 2 rings (SSSR count). The zero-order valence-corrected chi connectivity index (χ0v) is 13.9. The number of carbonyl (C=O) groups excluding carboxylic acids is 1. The number of ketones is 1. The molecule has 0 amide bonds. The normalized spacial score (nSPS) is 21.9.